The summed E-state index contributed by atoms with van der Waals surface area (Å²) in [4.78, 5) is 0. The molecule has 0 spiro atoms. The monoisotopic (exact) mass is 233 g/mol. The van der Waals surface area contributed by atoms with Crippen LogP contribution in [0, 0.1) is 0 Å². The van der Waals surface area contributed by atoms with Gasteiger partial charge in [0.2, 0.25) is 0 Å². The maximum atomic E-state index is 3.10. The third kappa shape index (κ3) is 198. The maximum Gasteiger partial charge on any atom is 0.0114 e. The van der Waals surface area contributed by atoms with E-state index in [9.17, 15) is 0 Å². The van der Waals surface area contributed by atoms with Crippen LogP contribution < -0.4 is 0 Å². The fraction of sp³-hybridized carbons (Fsp3) is 1.00. The average Bonchev–Trinajstić information content (AvgIpc) is 1.41. The van der Waals surface area contributed by atoms with Gasteiger partial charge in [-0.05, 0) is 14.1 Å². The van der Waals surface area contributed by atoms with Crippen LogP contribution in [0.5, 0.6) is 0 Å². The predicted molar refractivity (Wildman–Crippen MR) is 44.3 cm³/mol. The minimum Gasteiger partial charge on any atom is -0.249 e. The van der Waals surface area contributed by atoms with Crippen molar-refractivity contribution in [3.05, 3.63) is 0 Å². The molecule has 0 N–H and O–H groups in total. The van der Waals surface area contributed by atoms with Crippen LogP contribution in [-0.2, 0) is 0 Å². The highest BCUT2D eigenvalue weighted by Gasteiger charge is 1.61. The lowest BCUT2D eigenvalue weighted by atomic mass is 11.0. The lowest BCUT2D eigenvalue weighted by molar-refractivity contribution is 0.729. The van der Waals surface area contributed by atoms with E-state index in [1.54, 1.807) is 0 Å². The zero-order chi connectivity index (χ0) is 5.58. The summed E-state index contributed by atoms with van der Waals surface area (Å²) in [6, 6.07) is 0. The van der Waals surface area contributed by atoms with Crippen molar-refractivity contribution in [1.82, 2.24) is 3.93 Å². The van der Waals surface area contributed by atoms with Gasteiger partial charge in [-0.3, -0.25) is 0 Å². The summed E-state index contributed by atoms with van der Waals surface area (Å²) in [5.74, 6) is 0. The first-order chi connectivity index (χ1) is 2.73. The van der Waals surface area contributed by atoms with Gasteiger partial charge in [0.15, 0.2) is 0 Å². The Morgan fingerprint density at radius 3 is 1.14 bits per heavy atom. The van der Waals surface area contributed by atoms with Crippen LogP contribution in [0.15, 0.2) is 0 Å². The van der Waals surface area contributed by atoms with Crippen molar-refractivity contribution in [2.24, 2.45) is 0 Å². The van der Waals surface area contributed by atoms with Gasteiger partial charge in [-0.1, -0.05) is 13.8 Å². The summed E-state index contributed by atoms with van der Waals surface area (Å²) in [6.07, 6.45) is 0. The summed E-state index contributed by atoms with van der Waals surface area (Å²) in [7, 11) is 3.83. The molecule has 0 amide bonds. The van der Waals surface area contributed by atoms with Gasteiger partial charge in [-0.25, -0.2) is 3.93 Å². The Morgan fingerprint density at radius 1 is 1.14 bits per heavy atom. The highest BCUT2D eigenvalue weighted by atomic mass is 79.9. The van der Waals surface area contributed by atoms with Crippen molar-refractivity contribution in [3.8, 4) is 0 Å². The third-order valence-electron chi connectivity index (χ3n) is 0. The molecule has 7 heavy (non-hydrogen) atoms. The molecule has 0 aromatic heterocycles. The topological polar surface area (TPSA) is 3.24 Å². The van der Waals surface area contributed by atoms with Crippen molar-refractivity contribution in [3.63, 3.8) is 0 Å². The van der Waals surface area contributed by atoms with Crippen LogP contribution in [0.3, 0.4) is 0 Å². The molecule has 0 fully saturated rings. The van der Waals surface area contributed by atoms with E-state index in [1.807, 2.05) is 31.9 Å². The van der Waals surface area contributed by atoms with E-state index in [0.29, 0.717) is 0 Å². The van der Waals surface area contributed by atoms with Gasteiger partial charge in [-0.15, -0.1) is 17.0 Å². The van der Waals surface area contributed by atoms with Gasteiger partial charge >= 0.3 is 0 Å². The molecular weight excluding hydrogens is 222 g/mol. The van der Waals surface area contributed by atoms with Gasteiger partial charge in [-0.2, -0.15) is 0 Å². The Morgan fingerprint density at radius 2 is 1.14 bits per heavy atom. The molecule has 0 aliphatic rings. The SMILES string of the molecule is Br.CC.CN(C)Br. The van der Waals surface area contributed by atoms with Crippen LogP contribution >= 0.6 is 33.1 Å². The summed E-state index contributed by atoms with van der Waals surface area (Å²) >= 11 is 3.10. The molecule has 0 aromatic rings. The molecule has 0 aromatic carbocycles. The minimum atomic E-state index is 0. The molecule has 1 nitrogen and oxygen atoms in total. The molecule has 0 heterocycles. The van der Waals surface area contributed by atoms with Crippen molar-refractivity contribution in [2.75, 3.05) is 14.1 Å². The molecule has 0 saturated carbocycles. The molecule has 0 bridgehead atoms. The Labute approximate surface area is 65.2 Å². The van der Waals surface area contributed by atoms with Crippen LogP contribution in [0.25, 0.3) is 0 Å². The normalized spacial score (nSPS) is 6.00. The zero-order valence-electron chi connectivity index (χ0n) is 5.23. The standard InChI is InChI=1S/C2H6BrN.C2H6.BrH/c1-4(2)3;1-2;/h1-2H3;1-2H3;1H. The van der Waals surface area contributed by atoms with Crippen molar-refractivity contribution >= 4 is 33.1 Å². The van der Waals surface area contributed by atoms with E-state index in [-0.39, 0.29) is 17.0 Å². The number of hydrogen-bond acceptors (Lipinski definition) is 1. The molecule has 0 rings (SSSR count). The van der Waals surface area contributed by atoms with E-state index in [4.69, 9.17) is 0 Å². The minimum absolute atomic E-state index is 0. The first-order valence-corrected chi connectivity index (χ1v) is 2.77. The van der Waals surface area contributed by atoms with Gasteiger partial charge in [0.1, 0.15) is 0 Å². The number of rotatable bonds is 0. The quantitative estimate of drug-likeness (QED) is 0.583. The van der Waals surface area contributed by atoms with E-state index in [1.165, 1.54) is 0 Å². The summed E-state index contributed by atoms with van der Waals surface area (Å²) in [6.45, 7) is 4.00. The van der Waals surface area contributed by atoms with E-state index in [0.717, 1.165) is 0 Å². The number of nitrogens with zero attached hydrogens (tertiary/aromatic N) is 1. The predicted octanol–water partition coefficient (Wildman–Crippen LogP) is 2.46. The maximum absolute atomic E-state index is 3.10. The van der Waals surface area contributed by atoms with Gasteiger partial charge < -0.3 is 0 Å². The molecule has 0 saturated heterocycles. The Hall–Kier alpha value is 0.920. The molecule has 48 valence electrons. The summed E-state index contributed by atoms with van der Waals surface area (Å²) in [5.41, 5.74) is 0. The van der Waals surface area contributed by atoms with E-state index >= 15 is 0 Å². The molecule has 0 aliphatic carbocycles. The highest BCUT2D eigenvalue weighted by Crippen LogP contribution is 1.77. The largest absolute Gasteiger partial charge is 0.249 e. The number of hydrogen-bond donors (Lipinski definition) is 0. The summed E-state index contributed by atoms with van der Waals surface area (Å²) in [5, 5.41) is 0. The molecule has 0 aliphatic heterocycles. The lowest BCUT2D eigenvalue weighted by Crippen LogP contribution is -1.88. The van der Waals surface area contributed by atoms with E-state index in [2.05, 4.69) is 16.1 Å². The number of halogens is 2. The fourth-order valence-electron chi connectivity index (χ4n) is 0. The third-order valence-corrected chi connectivity index (χ3v) is 0. The first kappa shape index (κ1) is 15.7. The van der Waals surface area contributed by atoms with Gasteiger partial charge in [0.25, 0.3) is 0 Å². The highest BCUT2D eigenvalue weighted by molar-refractivity contribution is 9.07. The Kier molecular flexibility index (Phi) is 35.3. The zero-order valence-corrected chi connectivity index (χ0v) is 8.53. The van der Waals surface area contributed by atoms with Gasteiger partial charge in [0, 0.05) is 16.1 Å². The van der Waals surface area contributed by atoms with Crippen LogP contribution in [0.4, 0.5) is 0 Å². The Bertz CT molecular complexity index is 14.4. The van der Waals surface area contributed by atoms with Crippen molar-refractivity contribution in [1.29, 1.82) is 0 Å². The average molecular weight is 235 g/mol. The smallest absolute Gasteiger partial charge is 0.0114 e. The second kappa shape index (κ2) is 15.8. The lowest BCUT2D eigenvalue weighted by Gasteiger charge is -1.86. The molecule has 0 radical (unpaired) electrons. The fourth-order valence-corrected chi connectivity index (χ4v) is 0. The van der Waals surface area contributed by atoms with Crippen LogP contribution in [-0.4, -0.2) is 18.0 Å². The van der Waals surface area contributed by atoms with Crippen LogP contribution in [0.1, 0.15) is 13.8 Å². The molecule has 0 atom stereocenters. The van der Waals surface area contributed by atoms with Crippen LogP contribution in [0.2, 0.25) is 0 Å². The molecular formula is C4H13Br2N. The first-order valence-electron chi connectivity index (χ1n) is 2.06. The van der Waals surface area contributed by atoms with E-state index < -0.39 is 0 Å². The van der Waals surface area contributed by atoms with Gasteiger partial charge in [0.05, 0.1) is 0 Å². The second-order valence-corrected chi connectivity index (χ2v) is 2.20. The Balaban J connectivity index is -0.0000000480. The second-order valence-electron chi connectivity index (χ2n) is 0.785. The van der Waals surface area contributed by atoms with Crippen molar-refractivity contribution in [2.45, 2.75) is 13.8 Å². The molecule has 0 unspecified atom stereocenters. The molecule has 3 heteroatoms. The summed E-state index contributed by atoms with van der Waals surface area (Å²) < 4.78 is 1.81. The van der Waals surface area contributed by atoms with Crippen molar-refractivity contribution < 1.29 is 0 Å².